The van der Waals surface area contributed by atoms with Crippen LogP contribution in [0, 0.1) is 6.92 Å². The number of aromatic nitrogens is 3. The topological polar surface area (TPSA) is 76.9 Å². The van der Waals surface area contributed by atoms with Crippen molar-refractivity contribution in [3.05, 3.63) is 35.5 Å². The number of nitrogens with one attached hydrogen (secondary N) is 1. The Kier molecular flexibility index (Phi) is 3.77. The third kappa shape index (κ3) is 3.05. The van der Waals surface area contributed by atoms with Gasteiger partial charge in [0.15, 0.2) is 5.03 Å². The first-order valence-corrected chi connectivity index (χ1v) is 7.46. The fourth-order valence-corrected chi connectivity index (χ4v) is 2.74. The standard InChI is InChI=1S/C11H13ClN4O2S/c1-3-16-7-11(14-8(16)2)19(17,18)15-9-4-5-10(12)13-6-9/h4-7,15H,3H2,1-2H3. The molecule has 0 saturated carbocycles. The molecule has 0 fully saturated rings. The lowest BCUT2D eigenvalue weighted by molar-refractivity contribution is 0.598. The van der Waals surface area contributed by atoms with Gasteiger partial charge in [0.2, 0.25) is 0 Å². The van der Waals surface area contributed by atoms with Gasteiger partial charge < -0.3 is 4.57 Å². The summed E-state index contributed by atoms with van der Waals surface area (Å²) in [5.74, 6) is 0.650. The predicted molar refractivity (Wildman–Crippen MR) is 72.7 cm³/mol. The molecule has 0 saturated heterocycles. The molecular formula is C11H13ClN4O2S. The van der Waals surface area contributed by atoms with Gasteiger partial charge in [-0.05, 0) is 26.0 Å². The second kappa shape index (κ2) is 5.18. The van der Waals surface area contributed by atoms with Crippen LogP contribution in [0.2, 0.25) is 5.15 Å². The molecule has 6 nitrogen and oxygen atoms in total. The quantitative estimate of drug-likeness (QED) is 0.877. The average Bonchev–Trinajstić information content (AvgIpc) is 2.74. The van der Waals surface area contributed by atoms with E-state index in [2.05, 4.69) is 14.7 Å². The van der Waals surface area contributed by atoms with Gasteiger partial charge in [-0.1, -0.05) is 11.6 Å². The monoisotopic (exact) mass is 300 g/mol. The molecule has 1 N–H and O–H groups in total. The summed E-state index contributed by atoms with van der Waals surface area (Å²) in [5, 5.41) is 0.288. The van der Waals surface area contributed by atoms with Crippen molar-refractivity contribution in [2.45, 2.75) is 25.4 Å². The number of imidazole rings is 1. The van der Waals surface area contributed by atoms with Crippen molar-refractivity contribution in [1.82, 2.24) is 14.5 Å². The third-order valence-corrected chi connectivity index (χ3v) is 4.02. The van der Waals surface area contributed by atoms with E-state index >= 15 is 0 Å². The summed E-state index contributed by atoms with van der Waals surface area (Å²) in [6, 6.07) is 3.05. The van der Waals surface area contributed by atoms with E-state index in [-0.39, 0.29) is 5.03 Å². The summed E-state index contributed by atoms with van der Waals surface area (Å²) in [4.78, 5) is 7.84. The lowest BCUT2D eigenvalue weighted by Crippen LogP contribution is -2.13. The zero-order valence-corrected chi connectivity index (χ0v) is 12.0. The Morgan fingerprint density at radius 3 is 2.68 bits per heavy atom. The fraction of sp³-hybridized carbons (Fsp3) is 0.273. The number of aryl methyl sites for hydroxylation is 2. The van der Waals surface area contributed by atoms with Crippen molar-refractivity contribution in [3.63, 3.8) is 0 Å². The number of sulfonamides is 1. The summed E-state index contributed by atoms with van der Waals surface area (Å²) in [5.41, 5.74) is 0.341. The molecule has 0 aromatic carbocycles. The Morgan fingerprint density at radius 2 is 2.16 bits per heavy atom. The van der Waals surface area contributed by atoms with Crippen molar-refractivity contribution < 1.29 is 8.42 Å². The van der Waals surface area contributed by atoms with Crippen LogP contribution in [-0.2, 0) is 16.6 Å². The summed E-state index contributed by atoms with van der Waals surface area (Å²) >= 11 is 5.64. The highest BCUT2D eigenvalue weighted by Gasteiger charge is 2.19. The molecule has 0 unspecified atom stereocenters. The van der Waals surface area contributed by atoms with Crippen LogP contribution in [0.3, 0.4) is 0 Å². The number of hydrogen-bond acceptors (Lipinski definition) is 4. The first-order chi connectivity index (χ1) is 8.92. The highest BCUT2D eigenvalue weighted by Crippen LogP contribution is 2.16. The van der Waals surface area contributed by atoms with Crippen molar-refractivity contribution >= 4 is 27.3 Å². The van der Waals surface area contributed by atoms with Crippen LogP contribution in [0.15, 0.2) is 29.6 Å². The van der Waals surface area contributed by atoms with Crippen molar-refractivity contribution in [2.75, 3.05) is 4.72 Å². The highest BCUT2D eigenvalue weighted by molar-refractivity contribution is 7.92. The number of rotatable bonds is 4. The van der Waals surface area contributed by atoms with Gasteiger partial charge in [-0.25, -0.2) is 9.97 Å². The van der Waals surface area contributed by atoms with E-state index in [0.717, 1.165) is 0 Å². The van der Waals surface area contributed by atoms with Crippen LogP contribution in [0.1, 0.15) is 12.7 Å². The maximum atomic E-state index is 12.1. The van der Waals surface area contributed by atoms with E-state index in [1.54, 1.807) is 11.5 Å². The summed E-state index contributed by atoms with van der Waals surface area (Å²) in [6.07, 6.45) is 2.85. The first-order valence-electron chi connectivity index (χ1n) is 5.60. The highest BCUT2D eigenvalue weighted by atomic mass is 35.5. The smallest absolute Gasteiger partial charge is 0.281 e. The molecular weight excluding hydrogens is 288 g/mol. The number of pyridine rings is 1. The summed E-state index contributed by atoms with van der Waals surface area (Å²) < 4.78 is 28.4. The molecule has 8 heteroatoms. The van der Waals surface area contributed by atoms with Gasteiger partial charge in [0.25, 0.3) is 10.0 Å². The molecule has 0 atom stereocenters. The lowest BCUT2D eigenvalue weighted by Gasteiger charge is -2.04. The Bertz CT molecular complexity index is 679. The van der Waals surface area contributed by atoms with Crippen molar-refractivity contribution in [1.29, 1.82) is 0 Å². The van der Waals surface area contributed by atoms with E-state index in [1.165, 1.54) is 24.5 Å². The summed E-state index contributed by atoms with van der Waals surface area (Å²) in [7, 11) is -3.70. The van der Waals surface area contributed by atoms with Crippen molar-refractivity contribution in [3.8, 4) is 0 Å². The van der Waals surface area contributed by atoms with Crippen LogP contribution in [0.4, 0.5) is 5.69 Å². The maximum absolute atomic E-state index is 12.1. The van der Waals surface area contributed by atoms with Crippen LogP contribution in [0.25, 0.3) is 0 Å². The number of hydrogen-bond donors (Lipinski definition) is 1. The molecule has 0 aliphatic heterocycles. The molecule has 0 aliphatic carbocycles. The molecule has 0 spiro atoms. The molecule has 102 valence electrons. The zero-order chi connectivity index (χ0) is 14.0. The van der Waals surface area contributed by atoms with Crippen LogP contribution >= 0.6 is 11.6 Å². The Labute approximate surface area is 116 Å². The van der Waals surface area contributed by atoms with Gasteiger partial charge >= 0.3 is 0 Å². The molecule has 19 heavy (non-hydrogen) atoms. The predicted octanol–water partition coefficient (Wildman–Crippen LogP) is 2.06. The van der Waals surface area contributed by atoms with Crippen LogP contribution < -0.4 is 4.72 Å². The van der Waals surface area contributed by atoms with Crippen molar-refractivity contribution in [2.24, 2.45) is 0 Å². The molecule has 2 aromatic rings. The number of nitrogens with zero attached hydrogens (tertiary/aromatic N) is 3. The minimum Gasteiger partial charge on any atom is -0.334 e. The minimum atomic E-state index is -3.70. The Morgan fingerprint density at radius 1 is 1.42 bits per heavy atom. The van der Waals surface area contributed by atoms with Gasteiger partial charge in [0, 0.05) is 12.7 Å². The zero-order valence-electron chi connectivity index (χ0n) is 10.5. The summed E-state index contributed by atoms with van der Waals surface area (Å²) in [6.45, 7) is 4.34. The normalized spacial score (nSPS) is 11.5. The van der Waals surface area contributed by atoms with Gasteiger partial charge in [0.05, 0.1) is 11.9 Å². The largest absolute Gasteiger partial charge is 0.334 e. The first kappa shape index (κ1) is 13.8. The van der Waals surface area contributed by atoms with Gasteiger partial charge in [-0.15, -0.1) is 0 Å². The second-order valence-corrected chi connectivity index (χ2v) is 5.90. The Hall–Kier alpha value is -1.60. The van der Waals surface area contributed by atoms with E-state index in [9.17, 15) is 8.42 Å². The molecule has 2 heterocycles. The van der Waals surface area contributed by atoms with Crippen LogP contribution in [-0.4, -0.2) is 23.0 Å². The van der Waals surface area contributed by atoms with E-state index in [0.29, 0.717) is 23.2 Å². The Balaban J connectivity index is 2.29. The van der Waals surface area contributed by atoms with E-state index in [1.807, 2.05) is 6.92 Å². The molecule has 0 aliphatic rings. The minimum absolute atomic E-state index is 0.0122. The van der Waals surface area contributed by atoms with E-state index < -0.39 is 10.0 Å². The van der Waals surface area contributed by atoms with Gasteiger partial charge in [0.1, 0.15) is 11.0 Å². The fourth-order valence-electron chi connectivity index (χ4n) is 1.57. The molecule has 0 bridgehead atoms. The molecule has 2 aromatic heterocycles. The average molecular weight is 301 g/mol. The van der Waals surface area contributed by atoms with E-state index in [4.69, 9.17) is 11.6 Å². The lowest BCUT2D eigenvalue weighted by atomic mass is 10.4. The number of anilines is 1. The second-order valence-electron chi connectivity index (χ2n) is 3.89. The van der Waals surface area contributed by atoms with Crippen LogP contribution in [0.5, 0.6) is 0 Å². The molecule has 0 radical (unpaired) electrons. The van der Waals surface area contributed by atoms with Gasteiger partial charge in [-0.3, -0.25) is 4.72 Å². The van der Waals surface area contributed by atoms with Gasteiger partial charge in [-0.2, -0.15) is 8.42 Å². The third-order valence-electron chi connectivity index (χ3n) is 2.55. The molecule has 2 rings (SSSR count). The number of halogens is 1. The SMILES string of the molecule is CCn1cc(S(=O)(=O)Nc2ccc(Cl)nc2)nc1C. The molecule has 0 amide bonds. The maximum Gasteiger partial charge on any atom is 0.281 e.